The zero-order chi connectivity index (χ0) is 19.8. The van der Waals surface area contributed by atoms with Crippen molar-refractivity contribution in [3.8, 4) is 0 Å². The van der Waals surface area contributed by atoms with Crippen LogP contribution in [0.4, 0.5) is 5.69 Å². The Labute approximate surface area is 160 Å². The van der Waals surface area contributed by atoms with Crippen LogP contribution in [0.3, 0.4) is 0 Å². The molecule has 1 aliphatic rings. The third kappa shape index (κ3) is 2.96. The predicted octanol–water partition coefficient (Wildman–Crippen LogP) is 3.45. The number of anilines is 1. The molecule has 0 saturated carbocycles. The molecule has 0 N–H and O–H groups in total. The van der Waals surface area contributed by atoms with Crippen LogP contribution >= 0.6 is 0 Å². The Morgan fingerprint density at radius 2 is 1.79 bits per heavy atom. The highest BCUT2D eigenvalue weighted by atomic mass is 16.5. The third-order valence-corrected chi connectivity index (χ3v) is 4.51. The Morgan fingerprint density at radius 3 is 2.50 bits per heavy atom. The first-order valence-corrected chi connectivity index (χ1v) is 8.63. The summed E-state index contributed by atoms with van der Waals surface area (Å²) in [6.45, 7) is 3.52. The maximum absolute atomic E-state index is 12.8. The summed E-state index contributed by atoms with van der Waals surface area (Å²) in [4.78, 5) is 39.0. The largest absolute Gasteiger partial charge is 0.455 e. The predicted molar refractivity (Wildman–Crippen MR) is 99.1 cm³/mol. The second-order valence-electron chi connectivity index (χ2n) is 6.50. The second-order valence-corrected chi connectivity index (χ2v) is 6.50. The van der Waals surface area contributed by atoms with Gasteiger partial charge in [0.15, 0.2) is 0 Å². The number of amides is 2. The Bertz CT molecular complexity index is 1120. The summed E-state index contributed by atoms with van der Waals surface area (Å²) in [7, 11) is 0. The lowest BCUT2D eigenvalue weighted by molar-refractivity contribution is 0.0464. The molecule has 3 aromatic rings. The number of para-hydroxylation sites is 1. The molecule has 1 aromatic heterocycles. The minimum atomic E-state index is -0.613. The number of fused-ring (bicyclic) bond motifs is 1. The van der Waals surface area contributed by atoms with Crippen molar-refractivity contribution in [2.24, 2.45) is 0 Å². The molecule has 0 bridgehead atoms. The summed E-state index contributed by atoms with van der Waals surface area (Å²) in [5.74, 6) is -0.870. The van der Waals surface area contributed by atoms with Crippen molar-refractivity contribution in [3.05, 3.63) is 82.2 Å². The van der Waals surface area contributed by atoms with E-state index in [1.807, 2.05) is 19.1 Å². The van der Waals surface area contributed by atoms with Gasteiger partial charge < -0.3 is 9.26 Å². The number of ether oxygens (including phenoxy) is 1. The first-order valence-electron chi connectivity index (χ1n) is 8.63. The Morgan fingerprint density at radius 1 is 1.04 bits per heavy atom. The van der Waals surface area contributed by atoms with Crippen LogP contribution in [0.1, 0.15) is 48.1 Å². The summed E-state index contributed by atoms with van der Waals surface area (Å²) in [5.41, 5.74) is 2.45. The van der Waals surface area contributed by atoms with E-state index in [1.165, 1.54) is 18.2 Å². The highest BCUT2D eigenvalue weighted by Crippen LogP contribution is 2.31. The Kier molecular flexibility index (Phi) is 4.27. The SMILES string of the molecule is Cc1cc(COC(=O)c2ccc3c(c2)C(=O)N(c2ccccc2C)C3=O)no1. The topological polar surface area (TPSA) is 89.7 Å². The minimum absolute atomic E-state index is 0.0462. The van der Waals surface area contributed by atoms with Gasteiger partial charge in [0.1, 0.15) is 18.1 Å². The van der Waals surface area contributed by atoms with E-state index in [0.29, 0.717) is 17.1 Å². The van der Waals surface area contributed by atoms with Gasteiger partial charge in [0.05, 0.1) is 22.4 Å². The van der Waals surface area contributed by atoms with Crippen LogP contribution in [0.25, 0.3) is 0 Å². The van der Waals surface area contributed by atoms with Gasteiger partial charge in [0.2, 0.25) is 0 Å². The van der Waals surface area contributed by atoms with E-state index in [-0.39, 0.29) is 23.3 Å². The molecule has 2 amide bonds. The van der Waals surface area contributed by atoms with Crippen molar-refractivity contribution in [1.82, 2.24) is 5.16 Å². The molecule has 0 radical (unpaired) electrons. The Balaban J connectivity index is 1.58. The van der Waals surface area contributed by atoms with Crippen molar-refractivity contribution < 1.29 is 23.6 Å². The first kappa shape index (κ1) is 17.7. The smallest absolute Gasteiger partial charge is 0.338 e. The van der Waals surface area contributed by atoms with Crippen LogP contribution < -0.4 is 4.90 Å². The standard InChI is InChI=1S/C21H16N2O5/c1-12-5-3-4-6-18(12)23-19(24)16-8-7-14(10-17(16)20(23)25)21(26)27-11-15-9-13(2)28-22-15/h3-10H,11H2,1-2H3. The number of aryl methyl sites for hydroxylation is 2. The van der Waals surface area contributed by atoms with Crippen LogP contribution in [-0.4, -0.2) is 22.9 Å². The molecule has 0 atom stereocenters. The lowest BCUT2D eigenvalue weighted by Gasteiger charge is -2.16. The average Bonchev–Trinajstić information content (AvgIpc) is 3.21. The van der Waals surface area contributed by atoms with E-state index in [9.17, 15) is 14.4 Å². The summed E-state index contributed by atoms with van der Waals surface area (Å²) < 4.78 is 10.1. The highest BCUT2D eigenvalue weighted by molar-refractivity contribution is 6.34. The fourth-order valence-electron chi connectivity index (χ4n) is 3.11. The lowest BCUT2D eigenvalue weighted by Crippen LogP contribution is -2.29. The fraction of sp³-hybridized carbons (Fsp3) is 0.143. The molecule has 0 aliphatic carbocycles. The molecule has 1 aliphatic heterocycles. The summed E-state index contributed by atoms with van der Waals surface area (Å²) in [6, 6.07) is 13.1. The summed E-state index contributed by atoms with van der Waals surface area (Å²) in [6.07, 6.45) is 0. The fourth-order valence-corrected chi connectivity index (χ4v) is 3.11. The maximum Gasteiger partial charge on any atom is 0.338 e. The van der Waals surface area contributed by atoms with E-state index in [2.05, 4.69) is 5.16 Å². The molecule has 2 heterocycles. The van der Waals surface area contributed by atoms with Crippen LogP contribution in [0.2, 0.25) is 0 Å². The van der Waals surface area contributed by atoms with Gasteiger partial charge in [-0.05, 0) is 43.7 Å². The van der Waals surface area contributed by atoms with Gasteiger partial charge in [-0.15, -0.1) is 0 Å². The summed E-state index contributed by atoms with van der Waals surface area (Å²) in [5, 5.41) is 3.76. The van der Waals surface area contributed by atoms with E-state index < -0.39 is 17.8 Å². The lowest BCUT2D eigenvalue weighted by atomic mass is 10.1. The number of hydrogen-bond donors (Lipinski definition) is 0. The van der Waals surface area contributed by atoms with Crippen molar-refractivity contribution in [1.29, 1.82) is 0 Å². The Hall–Kier alpha value is -3.74. The van der Waals surface area contributed by atoms with Crippen LogP contribution in [0, 0.1) is 13.8 Å². The molecule has 0 unspecified atom stereocenters. The molecule has 0 spiro atoms. The monoisotopic (exact) mass is 376 g/mol. The average molecular weight is 376 g/mol. The molecule has 4 rings (SSSR count). The van der Waals surface area contributed by atoms with E-state index in [1.54, 1.807) is 25.1 Å². The van der Waals surface area contributed by atoms with Crippen molar-refractivity contribution in [3.63, 3.8) is 0 Å². The van der Waals surface area contributed by atoms with Crippen molar-refractivity contribution in [2.45, 2.75) is 20.5 Å². The number of esters is 1. The maximum atomic E-state index is 12.8. The van der Waals surface area contributed by atoms with Crippen LogP contribution in [0.15, 0.2) is 53.1 Å². The van der Waals surface area contributed by atoms with Gasteiger partial charge in [0.25, 0.3) is 11.8 Å². The molecule has 0 saturated heterocycles. The van der Waals surface area contributed by atoms with Crippen LogP contribution in [-0.2, 0) is 11.3 Å². The quantitative estimate of drug-likeness (QED) is 0.512. The second kappa shape index (κ2) is 6.77. The normalized spacial score (nSPS) is 13.0. The van der Waals surface area contributed by atoms with E-state index in [0.717, 1.165) is 10.5 Å². The minimum Gasteiger partial charge on any atom is -0.455 e. The molecular weight excluding hydrogens is 360 g/mol. The molecule has 140 valence electrons. The van der Waals surface area contributed by atoms with E-state index >= 15 is 0 Å². The number of carbonyl (C=O) groups excluding carboxylic acids is 3. The molecule has 7 heteroatoms. The zero-order valence-electron chi connectivity index (χ0n) is 15.3. The van der Waals surface area contributed by atoms with Gasteiger partial charge in [-0.25, -0.2) is 9.69 Å². The number of hydrogen-bond acceptors (Lipinski definition) is 6. The van der Waals surface area contributed by atoms with E-state index in [4.69, 9.17) is 9.26 Å². The molecule has 2 aromatic carbocycles. The summed E-state index contributed by atoms with van der Waals surface area (Å²) >= 11 is 0. The van der Waals surface area contributed by atoms with Gasteiger partial charge in [0, 0.05) is 6.07 Å². The van der Waals surface area contributed by atoms with Gasteiger partial charge >= 0.3 is 5.97 Å². The van der Waals surface area contributed by atoms with Gasteiger partial charge in [-0.2, -0.15) is 0 Å². The van der Waals surface area contributed by atoms with Gasteiger partial charge in [-0.1, -0.05) is 23.4 Å². The molecular formula is C21H16N2O5. The van der Waals surface area contributed by atoms with Crippen LogP contribution in [0.5, 0.6) is 0 Å². The zero-order valence-corrected chi connectivity index (χ0v) is 15.3. The van der Waals surface area contributed by atoms with Crippen molar-refractivity contribution in [2.75, 3.05) is 4.90 Å². The number of benzene rings is 2. The number of imide groups is 1. The first-order chi connectivity index (χ1) is 13.5. The van der Waals surface area contributed by atoms with Gasteiger partial charge in [-0.3, -0.25) is 9.59 Å². The molecule has 0 fully saturated rings. The van der Waals surface area contributed by atoms with Crippen molar-refractivity contribution >= 4 is 23.5 Å². The number of rotatable bonds is 4. The molecule has 28 heavy (non-hydrogen) atoms. The molecule has 7 nitrogen and oxygen atoms in total. The highest BCUT2D eigenvalue weighted by Gasteiger charge is 2.37. The third-order valence-electron chi connectivity index (χ3n) is 4.51. The number of nitrogens with zero attached hydrogens (tertiary/aromatic N) is 2. The number of aromatic nitrogens is 1. The number of carbonyl (C=O) groups is 3.